The van der Waals surface area contributed by atoms with E-state index in [9.17, 15) is 4.79 Å². The lowest BCUT2D eigenvalue weighted by atomic mass is 10.0. The molecule has 0 fully saturated rings. The second-order valence-electron chi connectivity index (χ2n) is 4.51. The van der Waals surface area contributed by atoms with Crippen molar-refractivity contribution in [1.82, 2.24) is 15.4 Å². The molecule has 0 saturated heterocycles. The SMILES string of the molecule is O=C(O)CCCCCc1ccc(-c2c[nH]nn2)cc1. The molecule has 0 spiro atoms. The highest BCUT2D eigenvalue weighted by Crippen LogP contribution is 2.17. The van der Waals surface area contributed by atoms with Crippen LogP contribution in [0.25, 0.3) is 11.3 Å². The molecular formula is C14H17N3O2. The maximum atomic E-state index is 10.4. The number of hydrogen-bond acceptors (Lipinski definition) is 3. The second kappa shape index (κ2) is 6.68. The smallest absolute Gasteiger partial charge is 0.303 e. The van der Waals surface area contributed by atoms with E-state index in [1.165, 1.54) is 5.56 Å². The minimum atomic E-state index is -0.711. The zero-order chi connectivity index (χ0) is 13.5. The Hall–Kier alpha value is -2.17. The van der Waals surface area contributed by atoms with Crippen LogP contribution in [0.4, 0.5) is 0 Å². The predicted molar refractivity (Wildman–Crippen MR) is 71.6 cm³/mol. The molecule has 2 N–H and O–H groups in total. The maximum absolute atomic E-state index is 10.4. The summed E-state index contributed by atoms with van der Waals surface area (Å²) in [6.45, 7) is 0. The van der Waals surface area contributed by atoms with E-state index >= 15 is 0 Å². The lowest BCUT2D eigenvalue weighted by Crippen LogP contribution is -1.94. The lowest BCUT2D eigenvalue weighted by molar-refractivity contribution is -0.137. The molecule has 19 heavy (non-hydrogen) atoms. The summed E-state index contributed by atoms with van der Waals surface area (Å²) < 4.78 is 0. The van der Waals surface area contributed by atoms with Gasteiger partial charge in [0.15, 0.2) is 0 Å². The average molecular weight is 259 g/mol. The van der Waals surface area contributed by atoms with Gasteiger partial charge in [-0.05, 0) is 24.8 Å². The molecule has 0 aliphatic carbocycles. The zero-order valence-corrected chi connectivity index (χ0v) is 10.7. The Kier molecular flexibility index (Phi) is 4.66. The van der Waals surface area contributed by atoms with E-state index in [0.717, 1.165) is 36.9 Å². The number of hydrogen-bond donors (Lipinski definition) is 2. The Labute approximate surface area is 111 Å². The van der Waals surface area contributed by atoms with Gasteiger partial charge in [-0.25, -0.2) is 0 Å². The van der Waals surface area contributed by atoms with Gasteiger partial charge in [-0.15, -0.1) is 5.10 Å². The van der Waals surface area contributed by atoms with Crippen molar-refractivity contribution in [3.05, 3.63) is 36.0 Å². The summed E-state index contributed by atoms with van der Waals surface area (Å²) in [5, 5.41) is 18.9. The molecule has 1 heterocycles. The number of nitrogens with zero attached hydrogens (tertiary/aromatic N) is 2. The molecule has 2 aromatic rings. The van der Waals surface area contributed by atoms with Gasteiger partial charge >= 0.3 is 5.97 Å². The highest BCUT2D eigenvalue weighted by atomic mass is 16.4. The van der Waals surface area contributed by atoms with Gasteiger partial charge in [-0.3, -0.25) is 9.89 Å². The number of carboxylic acid groups (broad SMARTS) is 1. The molecule has 0 aliphatic heterocycles. The first-order valence-corrected chi connectivity index (χ1v) is 6.43. The largest absolute Gasteiger partial charge is 0.481 e. The van der Waals surface area contributed by atoms with Crippen LogP contribution >= 0.6 is 0 Å². The van der Waals surface area contributed by atoms with E-state index in [1.807, 2.05) is 12.1 Å². The van der Waals surface area contributed by atoms with Crippen LogP contribution in [0, 0.1) is 0 Å². The van der Waals surface area contributed by atoms with E-state index < -0.39 is 5.97 Å². The Morgan fingerprint density at radius 1 is 1.16 bits per heavy atom. The molecule has 5 nitrogen and oxygen atoms in total. The van der Waals surface area contributed by atoms with Gasteiger partial charge < -0.3 is 5.11 Å². The van der Waals surface area contributed by atoms with Gasteiger partial charge in [0.05, 0.1) is 0 Å². The van der Waals surface area contributed by atoms with Crippen molar-refractivity contribution in [2.24, 2.45) is 0 Å². The Morgan fingerprint density at radius 3 is 2.58 bits per heavy atom. The average Bonchev–Trinajstić information content (AvgIpc) is 2.93. The summed E-state index contributed by atoms with van der Waals surface area (Å²) in [4.78, 5) is 10.4. The minimum absolute atomic E-state index is 0.269. The maximum Gasteiger partial charge on any atom is 0.303 e. The fourth-order valence-corrected chi connectivity index (χ4v) is 1.97. The van der Waals surface area contributed by atoms with E-state index in [-0.39, 0.29) is 6.42 Å². The van der Waals surface area contributed by atoms with Gasteiger partial charge in [0, 0.05) is 18.2 Å². The molecule has 0 bridgehead atoms. The van der Waals surface area contributed by atoms with Gasteiger partial charge in [0.25, 0.3) is 0 Å². The second-order valence-corrected chi connectivity index (χ2v) is 4.51. The number of aryl methyl sites for hydroxylation is 1. The number of aromatic amines is 1. The first kappa shape index (κ1) is 13.3. The number of carboxylic acids is 1. The standard InChI is InChI=1S/C14H17N3O2/c18-14(19)5-3-1-2-4-11-6-8-12(9-7-11)13-10-15-17-16-13/h6-10H,1-5H2,(H,18,19)(H,15,16,17). The monoisotopic (exact) mass is 259 g/mol. The summed E-state index contributed by atoms with van der Waals surface area (Å²) in [5.41, 5.74) is 3.15. The van der Waals surface area contributed by atoms with Crippen molar-refractivity contribution in [3.63, 3.8) is 0 Å². The van der Waals surface area contributed by atoms with Crippen molar-refractivity contribution in [3.8, 4) is 11.3 Å². The Morgan fingerprint density at radius 2 is 1.95 bits per heavy atom. The van der Waals surface area contributed by atoms with Crippen LogP contribution in [-0.4, -0.2) is 26.5 Å². The zero-order valence-electron chi connectivity index (χ0n) is 10.7. The summed E-state index contributed by atoms with van der Waals surface area (Å²) in [6.07, 6.45) is 5.75. The molecule has 100 valence electrons. The van der Waals surface area contributed by atoms with Crippen molar-refractivity contribution >= 4 is 5.97 Å². The van der Waals surface area contributed by atoms with E-state index in [1.54, 1.807) is 6.20 Å². The predicted octanol–water partition coefficient (Wildman–Crippen LogP) is 2.66. The summed E-state index contributed by atoms with van der Waals surface area (Å²) in [5.74, 6) is -0.711. The molecule has 0 saturated carbocycles. The first-order valence-electron chi connectivity index (χ1n) is 6.43. The summed E-state index contributed by atoms with van der Waals surface area (Å²) in [7, 11) is 0. The number of aliphatic carboxylic acids is 1. The third kappa shape index (κ3) is 4.21. The van der Waals surface area contributed by atoms with Crippen LogP contribution in [0.5, 0.6) is 0 Å². The third-order valence-electron chi connectivity index (χ3n) is 3.02. The molecule has 0 unspecified atom stereocenters. The van der Waals surface area contributed by atoms with Crippen LogP contribution in [0.3, 0.4) is 0 Å². The van der Waals surface area contributed by atoms with Crippen LogP contribution < -0.4 is 0 Å². The first-order chi connectivity index (χ1) is 9.25. The van der Waals surface area contributed by atoms with Gasteiger partial charge in [-0.2, -0.15) is 0 Å². The number of benzene rings is 1. The van der Waals surface area contributed by atoms with E-state index in [2.05, 4.69) is 27.5 Å². The van der Waals surface area contributed by atoms with Crippen molar-refractivity contribution in [1.29, 1.82) is 0 Å². The molecule has 1 aromatic carbocycles. The van der Waals surface area contributed by atoms with Crippen LogP contribution in [0.1, 0.15) is 31.2 Å². The van der Waals surface area contributed by atoms with Crippen molar-refractivity contribution in [2.45, 2.75) is 32.1 Å². The number of rotatable bonds is 7. The number of carbonyl (C=O) groups is 1. The number of aromatic nitrogens is 3. The fraction of sp³-hybridized carbons (Fsp3) is 0.357. The van der Waals surface area contributed by atoms with Crippen LogP contribution in [0.15, 0.2) is 30.5 Å². The minimum Gasteiger partial charge on any atom is -0.481 e. The van der Waals surface area contributed by atoms with Gasteiger partial charge in [0.2, 0.25) is 0 Å². The molecule has 2 rings (SSSR count). The molecule has 0 aliphatic rings. The number of H-pyrrole nitrogens is 1. The quantitative estimate of drug-likeness (QED) is 0.749. The Bertz CT molecular complexity index is 506. The van der Waals surface area contributed by atoms with E-state index in [4.69, 9.17) is 5.11 Å². The van der Waals surface area contributed by atoms with Gasteiger partial charge in [0.1, 0.15) is 5.69 Å². The number of unbranched alkanes of at least 4 members (excludes halogenated alkanes) is 2. The normalized spacial score (nSPS) is 10.5. The Balaban J connectivity index is 1.78. The van der Waals surface area contributed by atoms with Crippen LogP contribution in [-0.2, 0) is 11.2 Å². The molecule has 0 amide bonds. The highest BCUT2D eigenvalue weighted by molar-refractivity contribution is 5.66. The molecule has 1 aromatic heterocycles. The fourth-order valence-electron chi connectivity index (χ4n) is 1.97. The molecule has 5 heteroatoms. The van der Waals surface area contributed by atoms with E-state index in [0.29, 0.717) is 0 Å². The summed E-state index contributed by atoms with van der Waals surface area (Å²) in [6, 6.07) is 8.23. The van der Waals surface area contributed by atoms with Crippen molar-refractivity contribution < 1.29 is 9.90 Å². The lowest BCUT2D eigenvalue weighted by Gasteiger charge is -2.02. The third-order valence-corrected chi connectivity index (χ3v) is 3.02. The topological polar surface area (TPSA) is 78.9 Å². The molecular weight excluding hydrogens is 242 g/mol. The van der Waals surface area contributed by atoms with Crippen LogP contribution in [0.2, 0.25) is 0 Å². The highest BCUT2D eigenvalue weighted by Gasteiger charge is 2.01. The number of nitrogens with one attached hydrogen (secondary N) is 1. The van der Waals surface area contributed by atoms with Crippen molar-refractivity contribution in [2.75, 3.05) is 0 Å². The molecule has 0 radical (unpaired) electrons. The summed E-state index contributed by atoms with van der Waals surface area (Å²) >= 11 is 0. The van der Waals surface area contributed by atoms with Gasteiger partial charge in [-0.1, -0.05) is 35.9 Å². The molecule has 0 atom stereocenters.